The van der Waals surface area contributed by atoms with Gasteiger partial charge in [-0.3, -0.25) is 4.90 Å². The lowest BCUT2D eigenvalue weighted by atomic mass is 10.1. The maximum Gasteiger partial charge on any atom is 0.339 e. The highest BCUT2D eigenvalue weighted by Gasteiger charge is 2.26. The van der Waals surface area contributed by atoms with Gasteiger partial charge in [0.1, 0.15) is 16.9 Å². The van der Waals surface area contributed by atoms with Crippen LogP contribution in [0.5, 0.6) is 0 Å². The molecule has 1 aromatic heterocycles. The van der Waals surface area contributed by atoms with Crippen LogP contribution in [0.2, 0.25) is 0 Å². The largest absolute Gasteiger partial charge is 0.478 e. The van der Waals surface area contributed by atoms with Crippen molar-refractivity contribution in [3.8, 4) is 0 Å². The van der Waals surface area contributed by atoms with E-state index in [2.05, 4.69) is 4.90 Å². The van der Waals surface area contributed by atoms with Crippen LogP contribution in [0.3, 0.4) is 0 Å². The molecule has 21 heavy (non-hydrogen) atoms. The molecule has 1 aliphatic heterocycles. The number of aromatic carboxylic acids is 1. The van der Waals surface area contributed by atoms with Gasteiger partial charge in [-0.05, 0) is 24.9 Å². The number of carboxylic acid groups (broad SMARTS) is 1. The van der Waals surface area contributed by atoms with Crippen molar-refractivity contribution in [2.45, 2.75) is 13.0 Å². The van der Waals surface area contributed by atoms with Crippen LogP contribution in [0.15, 0.2) is 28.7 Å². The molecule has 5 nitrogen and oxygen atoms in total. The molecule has 1 aromatic carbocycles. The smallest absolute Gasteiger partial charge is 0.339 e. The number of ether oxygens (including phenoxy) is 1. The summed E-state index contributed by atoms with van der Waals surface area (Å²) in [5.41, 5.74) is 0.929. The van der Waals surface area contributed by atoms with E-state index in [0.717, 1.165) is 26.1 Å². The Hall–Kier alpha value is -1.85. The highest BCUT2D eigenvalue weighted by atomic mass is 16.5. The summed E-state index contributed by atoms with van der Waals surface area (Å²) in [7, 11) is 1.71. The number of benzene rings is 1. The molecule has 5 heteroatoms. The summed E-state index contributed by atoms with van der Waals surface area (Å²) >= 11 is 0. The van der Waals surface area contributed by atoms with Crippen LogP contribution in [-0.4, -0.2) is 42.8 Å². The fourth-order valence-corrected chi connectivity index (χ4v) is 3.07. The molecule has 112 valence electrons. The van der Waals surface area contributed by atoms with E-state index in [-0.39, 0.29) is 0 Å². The lowest BCUT2D eigenvalue weighted by molar-refractivity contribution is 0.0694. The van der Waals surface area contributed by atoms with E-state index >= 15 is 0 Å². The molecule has 0 spiro atoms. The second-order valence-electron chi connectivity index (χ2n) is 5.55. The van der Waals surface area contributed by atoms with Gasteiger partial charge in [0.15, 0.2) is 0 Å². The van der Waals surface area contributed by atoms with E-state index in [0.29, 0.717) is 34.8 Å². The zero-order chi connectivity index (χ0) is 14.8. The number of rotatable bonds is 5. The van der Waals surface area contributed by atoms with Gasteiger partial charge in [0, 0.05) is 19.0 Å². The van der Waals surface area contributed by atoms with Gasteiger partial charge in [-0.25, -0.2) is 4.79 Å². The van der Waals surface area contributed by atoms with Crippen molar-refractivity contribution < 1.29 is 19.1 Å². The van der Waals surface area contributed by atoms with Crippen LogP contribution in [0.25, 0.3) is 11.0 Å². The number of methoxy groups -OCH3 is 1. The van der Waals surface area contributed by atoms with Gasteiger partial charge in [0.05, 0.1) is 13.2 Å². The lowest BCUT2D eigenvalue weighted by Crippen LogP contribution is -2.22. The first-order valence-corrected chi connectivity index (χ1v) is 7.14. The minimum Gasteiger partial charge on any atom is -0.478 e. The van der Waals surface area contributed by atoms with Crippen LogP contribution >= 0.6 is 0 Å². The number of furan rings is 1. The Morgan fingerprint density at radius 3 is 3.05 bits per heavy atom. The summed E-state index contributed by atoms with van der Waals surface area (Å²) in [6.07, 6.45) is 1.08. The van der Waals surface area contributed by atoms with Gasteiger partial charge < -0.3 is 14.3 Å². The molecule has 1 fully saturated rings. The number of nitrogens with zero attached hydrogens (tertiary/aromatic N) is 1. The Morgan fingerprint density at radius 1 is 1.48 bits per heavy atom. The Labute approximate surface area is 123 Å². The minimum absolute atomic E-state index is 0.292. The molecular formula is C16H19NO4. The summed E-state index contributed by atoms with van der Waals surface area (Å²) in [4.78, 5) is 13.8. The molecule has 1 saturated heterocycles. The van der Waals surface area contributed by atoms with Crippen molar-refractivity contribution in [1.29, 1.82) is 0 Å². The number of carboxylic acids is 1. The molecular weight excluding hydrogens is 270 g/mol. The second-order valence-corrected chi connectivity index (χ2v) is 5.55. The van der Waals surface area contributed by atoms with Crippen LogP contribution in [0.4, 0.5) is 0 Å². The standard InChI is InChI=1S/C16H19NO4/c1-20-10-11-6-7-17(8-11)9-14-15(16(18)19)12-4-2-3-5-13(12)21-14/h2-5,11H,6-10H2,1H3,(H,18,19). The van der Waals surface area contributed by atoms with E-state index in [1.165, 1.54) is 0 Å². The predicted molar refractivity (Wildman–Crippen MR) is 78.4 cm³/mol. The number of carbonyl (C=O) groups is 1. The molecule has 1 aliphatic rings. The Bertz CT molecular complexity index is 649. The molecule has 0 amide bonds. The topological polar surface area (TPSA) is 62.9 Å². The predicted octanol–water partition coefficient (Wildman–Crippen LogP) is 2.60. The maximum atomic E-state index is 11.5. The fourth-order valence-electron chi connectivity index (χ4n) is 3.07. The third-order valence-corrected chi connectivity index (χ3v) is 4.02. The molecule has 3 rings (SSSR count). The number of likely N-dealkylation sites (tertiary alicyclic amines) is 1. The number of para-hydroxylation sites is 1. The van der Waals surface area contributed by atoms with Crippen molar-refractivity contribution in [2.75, 3.05) is 26.8 Å². The highest BCUT2D eigenvalue weighted by Crippen LogP contribution is 2.28. The second kappa shape index (κ2) is 5.87. The number of fused-ring (bicyclic) bond motifs is 1. The van der Waals surface area contributed by atoms with Crippen molar-refractivity contribution in [3.05, 3.63) is 35.6 Å². The first-order chi connectivity index (χ1) is 10.2. The average Bonchev–Trinajstić information content (AvgIpc) is 3.03. The van der Waals surface area contributed by atoms with Crippen LogP contribution < -0.4 is 0 Å². The van der Waals surface area contributed by atoms with Crippen LogP contribution in [0, 0.1) is 5.92 Å². The Balaban J connectivity index is 1.84. The Morgan fingerprint density at radius 2 is 2.29 bits per heavy atom. The normalized spacial score (nSPS) is 19.4. The first-order valence-electron chi connectivity index (χ1n) is 7.14. The number of hydrogen-bond acceptors (Lipinski definition) is 4. The summed E-state index contributed by atoms with van der Waals surface area (Å²) in [6, 6.07) is 7.29. The third-order valence-electron chi connectivity index (χ3n) is 4.02. The zero-order valence-electron chi connectivity index (χ0n) is 12.0. The van der Waals surface area contributed by atoms with Crippen molar-refractivity contribution in [1.82, 2.24) is 4.90 Å². The minimum atomic E-state index is -0.928. The summed E-state index contributed by atoms with van der Waals surface area (Å²) in [5, 5.41) is 10.1. The summed E-state index contributed by atoms with van der Waals surface area (Å²) in [6.45, 7) is 3.16. The van der Waals surface area contributed by atoms with E-state index in [1.807, 2.05) is 18.2 Å². The molecule has 0 aliphatic carbocycles. The first kappa shape index (κ1) is 14.1. The zero-order valence-corrected chi connectivity index (χ0v) is 12.0. The van der Waals surface area contributed by atoms with Crippen molar-refractivity contribution >= 4 is 16.9 Å². The lowest BCUT2D eigenvalue weighted by Gasteiger charge is -2.14. The fraction of sp³-hybridized carbons (Fsp3) is 0.438. The van der Waals surface area contributed by atoms with E-state index < -0.39 is 5.97 Å². The summed E-state index contributed by atoms with van der Waals surface area (Å²) in [5.74, 6) is 0.136. The van der Waals surface area contributed by atoms with Gasteiger partial charge in [-0.1, -0.05) is 18.2 Å². The molecule has 2 aromatic rings. The van der Waals surface area contributed by atoms with Gasteiger partial charge >= 0.3 is 5.97 Å². The molecule has 1 atom stereocenters. The SMILES string of the molecule is COCC1CCN(Cc2oc3ccccc3c2C(=O)O)C1. The third kappa shape index (κ3) is 2.80. The molecule has 1 unspecified atom stereocenters. The molecule has 0 radical (unpaired) electrons. The van der Waals surface area contributed by atoms with Crippen LogP contribution in [-0.2, 0) is 11.3 Å². The summed E-state index contributed by atoms with van der Waals surface area (Å²) < 4.78 is 11.0. The van der Waals surface area contributed by atoms with E-state index in [4.69, 9.17) is 9.15 Å². The number of hydrogen-bond donors (Lipinski definition) is 1. The highest BCUT2D eigenvalue weighted by molar-refractivity contribution is 6.03. The van der Waals surface area contributed by atoms with Gasteiger partial charge in [-0.2, -0.15) is 0 Å². The molecule has 2 heterocycles. The van der Waals surface area contributed by atoms with Gasteiger partial charge in [-0.15, -0.1) is 0 Å². The van der Waals surface area contributed by atoms with Crippen LogP contribution in [0.1, 0.15) is 22.5 Å². The van der Waals surface area contributed by atoms with Crippen molar-refractivity contribution in [2.24, 2.45) is 5.92 Å². The van der Waals surface area contributed by atoms with Gasteiger partial charge in [0.25, 0.3) is 0 Å². The molecule has 1 N–H and O–H groups in total. The molecule has 0 bridgehead atoms. The average molecular weight is 289 g/mol. The van der Waals surface area contributed by atoms with E-state index in [9.17, 15) is 9.90 Å². The van der Waals surface area contributed by atoms with E-state index in [1.54, 1.807) is 13.2 Å². The molecule has 0 saturated carbocycles. The van der Waals surface area contributed by atoms with Gasteiger partial charge in [0.2, 0.25) is 0 Å². The quantitative estimate of drug-likeness (QED) is 0.916. The Kier molecular flexibility index (Phi) is 3.94. The maximum absolute atomic E-state index is 11.5. The van der Waals surface area contributed by atoms with Crippen molar-refractivity contribution in [3.63, 3.8) is 0 Å². The monoisotopic (exact) mass is 289 g/mol.